The van der Waals surface area contributed by atoms with Gasteiger partial charge < -0.3 is 9.84 Å². The fourth-order valence-corrected chi connectivity index (χ4v) is 2.46. The highest BCUT2D eigenvalue weighted by Crippen LogP contribution is 2.42. The molecule has 0 aliphatic carbocycles. The minimum absolute atomic E-state index is 0.0496. The lowest BCUT2D eigenvalue weighted by Gasteiger charge is -2.04. The maximum absolute atomic E-state index is 11.0. The van der Waals surface area contributed by atoms with Gasteiger partial charge in [-0.15, -0.1) is 0 Å². The van der Waals surface area contributed by atoms with Crippen molar-refractivity contribution in [1.29, 1.82) is 5.26 Å². The molecule has 0 aliphatic heterocycles. The summed E-state index contributed by atoms with van der Waals surface area (Å²) in [7, 11) is 0. The number of aliphatic hydroxyl groups is 1. The molecule has 1 heterocycles. The number of benzene rings is 1. The molecule has 0 spiro atoms. The molecule has 0 aliphatic rings. The Balaban J connectivity index is 2.43. The average Bonchev–Trinajstić information content (AvgIpc) is 2.84. The second kappa shape index (κ2) is 5.69. The van der Waals surface area contributed by atoms with E-state index in [-0.39, 0.29) is 22.1 Å². The van der Waals surface area contributed by atoms with Gasteiger partial charge in [0.05, 0.1) is 16.6 Å². The quantitative estimate of drug-likeness (QED) is 0.687. The number of aliphatic hydroxyl groups excluding tert-OH is 1. The molecule has 0 unspecified atom stereocenters. The van der Waals surface area contributed by atoms with E-state index in [0.29, 0.717) is 4.88 Å². The SMILES string of the molecule is C[C@H](O)c1cc([N+](=O)[O-])c(Oc2ccccc2C#N)s1. The van der Waals surface area contributed by atoms with Gasteiger partial charge in [0.25, 0.3) is 5.06 Å². The maximum atomic E-state index is 11.0. The summed E-state index contributed by atoms with van der Waals surface area (Å²) in [5, 5.41) is 29.5. The number of ether oxygens (including phenoxy) is 1. The Kier molecular flexibility index (Phi) is 3.98. The normalized spacial score (nSPS) is 11.7. The van der Waals surface area contributed by atoms with Crippen LogP contribution in [0.1, 0.15) is 23.5 Å². The zero-order valence-electron chi connectivity index (χ0n) is 10.4. The highest BCUT2D eigenvalue weighted by molar-refractivity contribution is 7.14. The van der Waals surface area contributed by atoms with Crippen molar-refractivity contribution in [2.24, 2.45) is 0 Å². The first-order valence-corrected chi connectivity index (χ1v) is 6.47. The number of nitrogens with zero attached hydrogens (tertiary/aromatic N) is 2. The fourth-order valence-electron chi connectivity index (χ4n) is 1.54. The molecule has 1 atom stereocenters. The summed E-state index contributed by atoms with van der Waals surface area (Å²) in [5.41, 5.74) is 0.0624. The van der Waals surface area contributed by atoms with E-state index in [1.807, 2.05) is 6.07 Å². The number of para-hydroxylation sites is 1. The first-order valence-electron chi connectivity index (χ1n) is 5.66. The van der Waals surface area contributed by atoms with Crippen molar-refractivity contribution in [2.45, 2.75) is 13.0 Å². The number of hydrogen-bond acceptors (Lipinski definition) is 6. The third-order valence-corrected chi connectivity index (χ3v) is 3.69. The molecule has 2 aromatic rings. The van der Waals surface area contributed by atoms with Crippen molar-refractivity contribution in [2.75, 3.05) is 0 Å². The predicted octanol–water partition coefficient (Wildman–Crippen LogP) is 3.37. The topological polar surface area (TPSA) is 96.4 Å². The van der Waals surface area contributed by atoms with Crippen molar-refractivity contribution in [3.63, 3.8) is 0 Å². The van der Waals surface area contributed by atoms with Gasteiger partial charge in [-0.2, -0.15) is 5.26 Å². The first-order chi connectivity index (χ1) is 9.52. The van der Waals surface area contributed by atoms with Crippen molar-refractivity contribution < 1.29 is 14.8 Å². The molecule has 0 saturated heterocycles. The third-order valence-electron chi connectivity index (χ3n) is 2.52. The van der Waals surface area contributed by atoms with Crippen LogP contribution >= 0.6 is 11.3 Å². The molecular weight excluding hydrogens is 280 g/mol. The summed E-state index contributed by atoms with van der Waals surface area (Å²) < 4.78 is 5.47. The molecule has 6 nitrogen and oxygen atoms in total. The van der Waals surface area contributed by atoms with E-state index in [1.165, 1.54) is 13.0 Å². The van der Waals surface area contributed by atoms with E-state index in [1.54, 1.807) is 24.3 Å². The Morgan fingerprint density at radius 3 is 2.80 bits per heavy atom. The summed E-state index contributed by atoms with van der Waals surface area (Å²) in [6, 6.07) is 9.70. The number of hydrogen-bond donors (Lipinski definition) is 1. The minimum atomic E-state index is -0.817. The molecule has 2 rings (SSSR count). The van der Waals surface area contributed by atoms with Crippen LogP contribution in [0.5, 0.6) is 10.8 Å². The van der Waals surface area contributed by atoms with E-state index in [4.69, 9.17) is 10.00 Å². The lowest BCUT2D eigenvalue weighted by Crippen LogP contribution is -1.91. The van der Waals surface area contributed by atoms with Crippen LogP contribution in [-0.2, 0) is 0 Å². The van der Waals surface area contributed by atoms with Gasteiger partial charge in [-0.05, 0) is 19.1 Å². The number of rotatable bonds is 4. The zero-order valence-corrected chi connectivity index (χ0v) is 11.3. The Bertz CT molecular complexity index is 688. The van der Waals surface area contributed by atoms with Gasteiger partial charge in [0.1, 0.15) is 11.8 Å². The van der Waals surface area contributed by atoms with Crippen LogP contribution < -0.4 is 4.74 Å². The second-order valence-electron chi connectivity index (χ2n) is 3.96. The van der Waals surface area contributed by atoms with Gasteiger partial charge in [-0.25, -0.2) is 0 Å². The molecule has 0 fully saturated rings. The summed E-state index contributed by atoms with van der Waals surface area (Å²) in [6.45, 7) is 1.52. The van der Waals surface area contributed by atoms with Crippen LogP contribution in [-0.4, -0.2) is 10.0 Å². The Labute approximate surface area is 118 Å². The first kappa shape index (κ1) is 14.0. The third kappa shape index (κ3) is 2.77. The van der Waals surface area contributed by atoms with Crippen LogP contribution in [0.3, 0.4) is 0 Å². The van der Waals surface area contributed by atoms with Crippen LogP contribution in [0.25, 0.3) is 0 Å². The molecule has 0 radical (unpaired) electrons. The van der Waals surface area contributed by atoms with Crippen LogP contribution in [0.2, 0.25) is 0 Å². The van der Waals surface area contributed by atoms with Gasteiger partial charge in [0.2, 0.25) is 0 Å². The molecule has 1 aromatic carbocycles. The lowest BCUT2D eigenvalue weighted by molar-refractivity contribution is -0.385. The van der Waals surface area contributed by atoms with E-state index in [2.05, 4.69) is 0 Å². The second-order valence-corrected chi connectivity index (χ2v) is 5.01. The predicted molar refractivity (Wildman–Crippen MR) is 72.8 cm³/mol. The molecule has 7 heteroatoms. The molecule has 0 bridgehead atoms. The number of thiophene rings is 1. The highest BCUT2D eigenvalue weighted by atomic mass is 32.1. The smallest absolute Gasteiger partial charge is 0.323 e. The largest absolute Gasteiger partial charge is 0.439 e. The molecule has 0 amide bonds. The lowest BCUT2D eigenvalue weighted by atomic mass is 10.2. The van der Waals surface area contributed by atoms with Crippen LogP contribution in [0.15, 0.2) is 30.3 Å². The highest BCUT2D eigenvalue weighted by Gasteiger charge is 2.23. The van der Waals surface area contributed by atoms with Gasteiger partial charge >= 0.3 is 5.69 Å². The average molecular weight is 290 g/mol. The van der Waals surface area contributed by atoms with Crippen molar-refractivity contribution in [3.8, 4) is 16.9 Å². The van der Waals surface area contributed by atoms with Gasteiger partial charge in [0.15, 0.2) is 0 Å². The Hall–Kier alpha value is -2.43. The molecule has 102 valence electrons. The monoisotopic (exact) mass is 290 g/mol. The van der Waals surface area contributed by atoms with E-state index in [9.17, 15) is 15.2 Å². The van der Waals surface area contributed by atoms with Crippen LogP contribution in [0, 0.1) is 21.4 Å². The number of nitriles is 1. The maximum Gasteiger partial charge on any atom is 0.323 e. The zero-order chi connectivity index (χ0) is 14.7. The fraction of sp³-hybridized carbons (Fsp3) is 0.154. The van der Waals surface area contributed by atoms with Gasteiger partial charge in [-0.1, -0.05) is 23.5 Å². The molecule has 20 heavy (non-hydrogen) atoms. The van der Waals surface area contributed by atoms with Crippen molar-refractivity contribution >= 4 is 17.0 Å². The van der Waals surface area contributed by atoms with Crippen molar-refractivity contribution in [3.05, 3.63) is 50.9 Å². The standard InChI is InChI=1S/C13H10N2O4S/c1-8(16)12-6-10(15(17)18)13(20-12)19-11-5-3-2-4-9(11)7-14/h2-6,8,16H,1H3/t8-/m0/s1. The Morgan fingerprint density at radius 1 is 1.50 bits per heavy atom. The molecular formula is C13H10N2O4S. The Morgan fingerprint density at radius 2 is 2.20 bits per heavy atom. The summed E-state index contributed by atoms with van der Waals surface area (Å²) in [5.74, 6) is 0.247. The van der Waals surface area contributed by atoms with Crippen LogP contribution in [0.4, 0.5) is 5.69 Å². The van der Waals surface area contributed by atoms with Crippen molar-refractivity contribution in [1.82, 2.24) is 0 Å². The minimum Gasteiger partial charge on any atom is -0.439 e. The molecule has 0 saturated carbocycles. The van der Waals surface area contributed by atoms with Gasteiger partial charge in [-0.3, -0.25) is 10.1 Å². The van der Waals surface area contributed by atoms with Gasteiger partial charge in [0, 0.05) is 10.9 Å². The van der Waals surface area contributed by atoms with E-state index >= 15 is 0 Å². The van der Waals surface area contributed by atoms with E-state index < -0.39 is 11.0 Å². The summed E-state index contributed by atoms with van der Waals surface area (Å²) in [4.78, 5) is 10.8. The summed E-state index contributed by atoms with van der Waals surface area (Å²) >= 11 is 0.987. The summed E-state index contributed by atoms with van der Waals surface area (Å²) in [6.07, 6.45) is -0.817. The molecule has 1 N–H and O–H groups in total. The van der Waals surface area contributed by atoms with E-state index in [0.717, 1.165) is 11.3 Å². The number of nitro groups is 1. The molecule has 1 aromatic heterocycles.